The lowest BCUT2D eigenvalue weighted by Crippen LogP contribution is -2.37. The Morgan fingerprint density at radius 1 is 1.29 bits per heavy atom. The highest BCUT2D eigenvalue weighted by molar-refractivity contribution is 7.13. The molecule has 0 spiro atoms. The molecule has 1 aromatic carbocycles. The smallest absolute Gasteiger partial charge is 0.263 e. The number of benzene rings is 1. The van der Waals surface area contributed by atoms with Crippen LogP contribution >= 0.6 is 11.3 Å². The van der Waals surface area contributed by atoms with Gasteiger partial charge in [0.25, 0.3) is 5.91 Å². The Morgan fingerprint density at radius 2 is 2.14 bits per heavy atom. The number of aromatic nitrogens is 2. The van der Waals surface area contributed by atoms with E-state index in [9.17, 15) is 4.79 Å². The summed E-state index contributed by atoms with van der Waals surface area (Å²) < 4.78 is 11.3. The maximum Gasteiger partial charge on any atom is 0.263 e. The molecule has 2 aromatic heterocycles. The van der Waals surface area contributed by atoms with Gasteiger partial charge in [-0.15, -0.1) is 11.3 Å². The molecule has 1 atom stereocenters. The standard InChI is InChI=1S/C21H23N3O3S/c1-14(26-17-10-5-8-15-7-3-4-9-16(15)17)21(25)24(2)13-19-22-20(23-27-19)18-11-6-12-28-18/h5-6,8,10-12,14H,3-4,7,9,13H2,1-2H3. The number of nitrogens with zero attached hydrogens (tertiary/aromatic N) is 3. The monoisotopic (exact) mass is 397 g/mol. The third kappa shape index (κ3) is 3.94. The average molecular weight is 398 g/mol. The van der Waals surface area contributed by atoms with Crippen LogP contribution in [0.1, 0.15) is 36.8 Å². The van der Waals surface area contributed by atoms with E-state index in [2.05, 4.69) is 16.2 Å². The summed E-state index contributed by atoms with van der Waals surface area (Å²) in [6.45, 7) is 2.03. The predicted octanol–water partition coefficient (Wildman–Crippen LogP) is 4.10. The second-order valence-electron chi connectivity index (χ2n) is 7.04. The first-order valence-corrected chi connectivity index (χ1v) is 10.4. The molecule has 6 nitrogen and oxygen atoms in total. The molecule has 28 heavy (non-hydrogen) atoms. The van der Waals surface area contributed by atoms with E-state index in [4.69, 9.17) is 9.26 Å². The minimum atomic E-state index is -0.585. The van der Waals surface area contributed by atoms with Crippen LogP contribution in [0.25, 0.3) is 10.7 Å². The minimum absolute atomic E-state index is 0.121. The molecule has 0 saturated heterocycles. The van der Waals surface area contributed by atoms with Crippen LogP contribution in [0.2, 0.25) is 0 Å². The highest BCUT2D eigenvalue weighted by atomic mass is 32.1. The van der Waals surface area contributed by atoms with E-state index in [0.717, 1.165) is 23.5 Å². The van der Waals surface area contributed by atoms with Gasteiger partial charge in [0.2, 0.25) is 11.7 Å². The van der Waals surface area contributed by atoms with Crippen molar-refractivity contribution < 1.29 is 14.1 Å². The molecule has 1 aliphatic rings. The van der Waals surface area contributed by atoms with Gasteiger partial charge in [-0.2, -0.15) is 4.98 Å². The molecule has 0 saturated carbocycles. The third-order valence-corrected chi connectivity index (χ3v) is 5.83. The lowest BCUT2D eigenvalue weighted by Gasteiger charge is -2.24. The lowest BCUT2D eigenvalue weighted by atomic mass is 9.91. The van der Waals surface area contributed by atoms with E-state index in [1.165, 1.54) is 24.0 Å². The summed E-state index contributed by atoms with van der Waals surface area (Å²) in [5, 5.41) is 5.95. The molecule has 2 heterocycles. The Labute approximate surface area is 168 Å². The van der Waals surface area contributed by atoms with Crippen molar-refractivity contribution >= 4 is 17.2 Å². The van der Waals surface area contributed by atoms with Crippen LogP contribution in [0.4, 0.5) is 0 Å². The van der Waals surface area contributed by atoms with Crippen molar-refractivity contribution in [1.29, 1.82) is 0 Å². The Hall–Kier alpha value is -2.67. The topological polar surface area (TPSA) is 68.5 Å². The first-order chi connectivity index (χ1) is 13.6. The van der Waals surface area contributed by atoms with Crippen LogP contribution in [-0.4, -0.2) is 34.1 Å². The van der Waals surface area contributed by atoms with Crippen LogP contribution in [-0.2, 0) is 24.2 Å². The molecular weight excluding hydrogens is 374 g/mol. The van der Waals surface area contributed by atoms with Crippen LogP contribution < -0.4 is 4.74 Å². The van der Waals surface area contributed by atoms with Gasteiger partial charge < -0.3 is 14.2 Å². The number of aryl methyl sites for hydroxylation is 1. The number of hydrogen-bond acceptors (Lipinski definition) is 6. The Bertz CT molecular complexity index is 952. The van der Waals surface area contributed by atoms with Crippen molar-refractivity contribution in [1.82, 2.24) is 15.0 Å². The number of amides is 1. The van der Waals surface area contributed by atoms with E-state index >= 15 is 0 Å². The van der Waals surface area contributed by atoms with Crippen LogP contribution in [0, 0.1) is 0 Å². The van der Waals surface area contributed by atoms with Crippen LogP contribution in [0.5, 0.6) is 5.75 Å². The summed E-state index contributed by atoms with van der Waals surface area (Å²) in [4.78, 5) is 19.6. The van der Waals surface area contributed by atoms with Gasteiger partial charge in [-0.3, -0.25) is 4.79 Å². The van der Waals surface area contributed by atoms with Gasteiger partial charge in [0, 0.05) is 7.05 Å². The summed E-state index contributed by atoms with van der Waals surface area (Å²) in [6.07, 6.45) is 3.89. The summed E-state index contributed by atoms with van der Waals surface area (Å²) in [6, 6.07) is 9.99. The van der Waals surface area contributed by atoms with Crippen molar-refractivity contribution in [3.8, 4) is 16.5 Å². The zero-order valence-corrected chi connectivity index (χ0v) is 16.9. The number of ether oxygens (including phenoxy) is 1. The maximum atomic E-state index is 12.8. The van der Waals surface area contributed by atoms with E-state index in [-0.39, 0.29) is 12.5 Å². The molecule has 1 amide bonds. The Kier molecular flexibility index (Phi) is 5.43. The number of rotatable bonds is 6. The molecule has 4 rings (SSSR count). The average Bonchev–Trinajstić information content (AvgIpc) is 3.39. The number of fused-ring (bicyclic) bond motifs is 1. The van der Waals surface area contributed by atoms with Gasteiger partial charge in [0.1, 0.15) is 5.75 Å². The van der Waals surface area contributed by atoms with Crippen LogP contribution in [0.15, 0.2) is 40.2 Å². The van der Waals surface area contributed by atoms with Gasteiger partial charge >= 0.3 is 0 Å². The fourth-order valence-electron chi connectivity index (χ4n) is 3.51. The number of likely N-dealkylation sites (N-methyl/N-ethyl adjacent to an activating group) is 1. The largest absolute Gasteiger partial charge is 0.481 e. The van der Waals surface area contributed by atoms with Crippen molar-refractivity contribution in [3.63, 3.8) is 0 Å². The molecule has 0 radical (unpaired) electrons. The highest BCUT2D eigenvalue weighted by Crippen LogP contribution is 2.30. The van der Waals surface area contributed by atoms with Gasteiger partial charge in [-0.1, -0.05) is 23.4 Å². The molecule has 0 bridgehead atoms. The van der Waals surface area contributed by atoms with E-state index in [1.807, 2.05) is 29.6 Å². The number of hydrogen-bond donors (Lipinski definition) is 0. The first kappa shape index (κ1) is 18.7. The van der Waals surface area contributed by atoms with Crippen molar-refractivity contribution in [2.45, 2.75) is 45.3 Å². The molecule has 0 aliphatic heterocycles. The predicted molar refractivity (Wildman–Crippen MR) is 107 cm³/mol. The van der Waals surface area contributed by atoms with E-state index in [1.54, 1.807) is 30.2 Å². The number of carbonyl (C=O) groups is 1. The molecular formula is C21H23N3O3S. The highest BCUT2D eigenvalue weighted by Gasteiger charge is 2.23. The van der Waals surface area contributed by atoms with E-state index in [0.29, 0.717) is 11.7 Å². The minimum Gasteiger partial charge on any atom is -0.481 e. The first-order valence-electron chi connectivity index (χ1n) is 9.50. The molecule has 0 fully saturated rings. The fourth-order valence-corrected chi connectivity index (χ4v) is 4.16. The normalized spacial score (nSPS) is 14.4. The van der Waals surface area contributed by atoms with Crippen molar-refractivity contribution in [2.75, 3.05) is 7.05 Å². The Balaban J connectivity index is 1.40. The second kappa shape index (κ2) is 8.14. The summed E-state index contributed by atoms with van der Waals surface area (Å²) in [5.41, 5.74) is 2.58. The number of thiophene rings is 1. The third-order valence-electron chi connectivity index (χ3n) is 4.96. The summed E-state index contributed by atoms with van der Waals surface area (Å²) in [5.74, 6) is 1.66. The number of carbonyl (C=O) groups excluding carboxylic acids is 1. The molecule has 1 unspecified atom stereocenters. The van der Waals surface area contributed by atoms with Gasteiger partial charge in [0.15, 0.2) is 6.10 Å². The SMILES string of the molecule is CC(Oc1cccc2c1CCCC2)C(=O)N(C)Cc1nc(-c2cccs2)no1. The molecule has 7 heteroatoms. The lowest BCUT2D eigenvalue weighted by molar-refractivity contribution is -0.137. The van der Waals surface area contributed by atoms with Gasteiger partial charge in [0.05, 0.1) is 11.4 Å². The fraction of sp³-hybridized carbons (Fsp3) is 0.381. The maximum absolute atomic E-state index is 12.8. The van der Waals surface area contributed by atoms with Crippen LogP contribution in [0.3, 0.4) is 0 Å². The van der Waals surface area contributed by atoms with Crippen molar-refractivity contribution in [2.24, 2.45) is 0 Å². The molecule has 146 valence electrons. The molecule has 0 N–H and O–H groups in total. The Morgan fingerprint density at radius 3 is 2.96 bits per heavy atom. The summed E-state index contributed by atoms with van der Waals surface area (Å²) >= 11 is 1.55. The molecule has 3 aromatic rings. The summed E-state index contributed by atoms with van der Waals surface area (Å²) in [7, 11) is 1.72. The van der Waals surface area contributed by atoms with Gasteiger partial charge in [-0.25, -0.2) is 0 Å². The van der Waals surface area contributed by atoms with E-state index < -0.39 is 6.10 Å². The van der Waals surface area contributed by atoms with Crippen molar-refractivity contribution in [3.05, 3.63) is 52.7 Å². The quantitative estimate of drug-likeness (QED) is 0.626. The second-order valence-corrected chi connectivity index (χ2v) is 7.99. The zero-order chi connectivity index (χ0) is 19.5. The molecule has 1 aliphatic carbocycles. The van der Waals surface area contributed by atoms with Gasteiger partial charge in [-0.05, 0) is 61.2 Å². The zero-order valence-electron chi connectivity index (χ0n) is 16.1.